The fourth-order valence-electron chi connectivity index (χ4n) is 2.54. The summed E-state index contributed by atoms with van der Waals surface area (Å²) in [5, 5.41) is 19.5. The molecule has 1 aliphatic heterocycles. The third-order valence-electron chi connectivity index (χ3n) is 3.59. The first-order chi connectivity index (χ1) is 11.5. The predicted molar refractivity (Wildman–Crippen MR) is 95.7 cm³/mol. The van der Waals surface area contributed by atoms with Gasteiger partial charge in [0.1, 0.15) is 27.6 Å². The van der Waals surface area contributed by atoms with Crippen LogP contribution in [0.1, 0.15) is 5.01 Å². The normalized spacial score (nSPS) is 14.9. The van der Waals surface area contributed by atoms with E-state index in [1.165, 1.54) is 22.3 Å². The number of aliphatic hydroxyl groups excluding tert-OH is 1. The van der Waals surface area contributed by atoms with E-state index in [1.54, 1.807) is 0 Å². The zero-order valence-corrected chi connectivity index (χ0v) is 13.8. The van der Waals surface area contributed by atoms with Gasteiger partial charge in [-0.1, -0.05) is 23.7 Å². The van der Waals surface area contributed by atoms with E-state index in [4.69, 9.17) is 22.7 Å². The summed E-state index contributed by atoms with van der Waals surface area (Å²) < 4.78 is 0.994. The molecule has 0 radical (unpaired) electrons. The molecule has 3 aromatic rings. The minimum absolute atomic E-state index is 0.0122. The molecule has 0 amide bonds. The number of halogens is 1. The van der Waals surface area contributed by atoms with Crippen LogP contribution in [0.3, 0.4) is 0 Å². The van der Waals surface area contributed by atoms with Gasteiger partial charge in [-0.2, -0.15) is 4.98 Å². The summed E-state index contributed by atoms with van der Waals surface area (Å²) in [5.74, 6) is 0.534. The summed E-state index contributed by atoms with van der Waals surface area (Å²) in [6.07, 6.45) is 0. The van der Waals surface area contributed by atoms with Crippen molar-refractivity contribution in [3.8, 4) is 0 Å². The van der Waals surface area contributed by atoms with Gasteiger partial charge in [0.2, 0.25) is 5.95 Å². The molecule has 0 atom stereocenters. The molecular weight excluding hydrogens is 348 g/mol. The van der Waals surface area contributed by atoms with Gasteiger partial charge >= 0.3 is 0 Å². The molecule has 0 aliphatic carbocycles. The smallest absolute Gasteiger partial charge is 0.223 e. The average molecular weight is 359 g/mol. The van der Waals surface area contributed by atoms with Crippen molar-refractivity contribution in [1.29, 1.82) is 5.41 Å². The van der Waals surface area contributed by atoms with Crippen molar-refractivity contribution in [2.24, 2.45) is 0 Å². The lowest BCUT2D eigenvalue weighted by Crippen LogP contribution is -2.27. The summed E-state index contributed by atoms with van der Waals surface area (Å²) in [5.41, 5.74) is 6.84. The molecule has 0 unspecified atom stereocenters. The number of anilines is 2. The number of hydrogen-bond donors (Lipinski definition) is 3. The predicted octanol–water partition coefficient (Wildman–Crippen LogP) is 3.09. The van der Waals surface area contributed by atoms with Crippen molar-refractivity contribution < 1.29 is 5.11 Å². The number of para-hydroxylation sites is 1. The number of fused-ring (bicyclic) bond motifs is 1. The highest BCUT2D eigenvalue weighted by molar-refractivity contribution is 7.19. The fraction of sp³-hybridized carbons (Fsp3) is 0.0667. The van der Waals surface area contributed by atoms with Crippen LogP contribution in [0.4, 0.5) is 11.8 Å². The van der Waals surface area contributed by atoms with Crippen LogP contribution >= 0.6 is 22.9 Å². The van der Waals surface area contributed by atoms with E-state index < -0.39 is 0 Å². The highest BCUT2D eigenvalue weighted by atomic mass is 35.5. The van der Waals surface area contributed by atoms with E-state index in [2.05, 4.69) is 15.0 Å². The maximum atomic E-state index is 10.4. The Morgan fingerprint density at radius 2 is 2.04 bits per heavy atom. The number of benzene rings is 1. The monoisotopic (exact) mass is 358 g/mol. The first-order valence-corrected chi connectivity index (χ1v) is 8.17. The third kappa shape index (κ3) is 2.36. The van der Waals surface area contributed by atoms with Crippen LogP contribution in [-0.2, 0) is 0 Å². The van der Waals surface area contributed by atoms with Crippen molar-refractivity contribution in [1.82, 2.24) is 15.0 Å². The molecule has 24 heavy (non-hydrogen) atoms. The van der Waals surface area contributed by atoms with E-state index >= 15 is 0 Å². The topological polar surface area (TPSA) is 112 Å². The largest absolute Gasteiger partial charge is 0.510 e. The Balaban J connectivity index is 1.75. The quantitative estimate of drug-likeness (QED) is 0.607. The highest BCUT2D eigenvalue weighted by Gasteiger charge is 2.32. The van der Waals surface area contributed by atoms with Gasteiger partial charge in [0, 0.05) is 6.07 Å². The lowest BCUT2D eigenvalue weighted by atomic mass is 10.2. The van der Waals surface area contributed by atoms with Gasteiger partial charge in [-0.15, -0.1) is 11.3 Å². The number of nitrogen functional groups attached to an aromatic ring is 1. The summed E-state index contributed by atoms with van der Waals surface area (Å²) in [6, 6.07) is 9.18. The van der Waals surface area contributed by atoms with Crippen LogP contribution in [0.5, 0.6) is 0 Å². The lowest BCUT2D eigenvalue weighted by molar-refractivity contribution is 0.411. The van der Waals surface area contributed by atoms with Gasteiger partial charge < -0.3 is 15.7 Å². The first-order valence-electron chi connectivity index (χ1n) is 6.97. The van der Waals surface area contributed by atoms with E-state index in [1.807, 2.05) is 24.3 Å². The van der Waals surface area contributed by atoms with E-state index in [0.717, 1.165) is 10.2 Å². The molecule has 120 valence electrons. The van der Waals surface area contributed by atoms with Gasteiger partial charge in [-0.05, 0) is 12.1 Å². The van der Waals surface area contributed by atoms with Gasteiger partial charge in [0.15, 0.2) is 0 Å². The van der Waals surface area contributed by atoms with Gasteiger partial charge in [-0.3, -0.25) is 5.41 Å². The number of amidine groups is 1. The highest BCUT2D eigenvalue weighted by Crippen LogP contribution is 2.35. The van der Waals surface area contributed by atoms with Crippen molar-refractivity contribution in [3.05, 3.63) is 46.3 Å². The van der Waals surface area contributed by atoms with Crippen molar-refractivity contribution in [3.63, 3.8) is 0 Å². The maximum Gasteiger partial charge on any atom is 0.223 e. The van der Waals surface area contributed by atoms with Crippen molar-refractivity contribution in [2.45, 2.75) is 0 Å². The number of aromatic nitrogens is 3. The van der Waals surface area contributed by atoms with Gasteiger partial charge in [-0.25, -0.2) is 9.97 Å². The Morgan fingerprint density at radius 3 is 2.79 bits per heavy atom. The third-order valence-corrected chi connectivity index (χ3v) is 4.83. The molecule has 1 aromatic carbocycles. The number of rotatable bonds is 2. The number of aliphatic hydroxyl groups is 1. The van der Waals surface area contributed by atoms with E-state index in [-0.39, 0.29) is 29.2 Å². The van der Waals surface area contributed by atoms with Crippen molar-refractivity contribution >= 4 is 56.3 Å². The Kier molecular flexibility index (Phi) is 3.36. The first kappa shape index (κ1) is 14.9. The van der Waals surface area contributed by atoms with E-state index in [9.17, 15) is 5.11 Å². The van der Waals surface area contributed by atoms with Crippen LogP contribution < -0.4 is 10.6 Å². The number of nitrogens with one attached hydrogen (secondary N) is 1. The fourth-order valence-corrected chi connectivity index (χ4v) is 3.76. The molecule has 3 heterocycles. The minimum Gasteiger partial charge on any atom is -0.510 e. The number of nitrogens with two attached hydrogens (primary N) is 1. The molecule has 0 spiro atoms. The second-order valence-corrected chi connectivity index (χ2v) is 6.57. The van der Waals surface area contributed by atoms with Crippen LogP contribution in [0.25, 0.3) is 15.8 Å². The zero-order chi connectivity index (χ0) is 16.8. The second-order valence-electron chi connectivity index (χ2n) is 5.15. The molecule has 1 aliphatic rings. The molecule has 4 rings (SSSR count). The summed E-state index contributed by atoms with van der Waals surface area (Å²) in [7, 11) is 0. The zero-order valence-electron chi connectivity index (χ0n) is 12.2. The Hall–Kier alpha value is -2.71. The number of hydrogen-bond acceptors (Lipinski definition) is 7. The van der Waals surface area contributed by atoms with Crippen LogP contribution in [-0.4, -0.2) is 32.4 Å². The molecule has 0 saturated heterocycles. The summed E-state index contributed by atoms with van der Waals surface area (Å²) >= 11 is 7.33. The molecule has 9 heteroatoms. The molecular formula is C15H11ClN6OS. The molecule has 0 saturated carbocycles. The Morgan fingerprint density at radius 1 is 1.25 bits per heavy atom. The SMILES string of the molecule is N=C1C(c2nc3ccccc3s2)=C(O)CN1c1cc(Cl)nc(N)n1. The average Bonchev–Trinajstić information content (AvgIpc) is 3.06. The van der Waals surface area contributed by atoms with Gasteiger partial charge in [0.05, 0.1) is 22.3 Å². The number of nitrogens with zero attached hydrogens (tertiary/aromatic N) is 4. The minimum atomic E-state index is 0.0122. The summed E-state index contributed by atoms with van der Waals surface area (Å²) in [6.45, 7) is 0.108. The molecule has 0 fully saturated rings. The molecule has 4 N–H and O–H groups in total. The molecule has 7 nitrogen and oxygen atoms in total. The molecule has 0 bridgehead atoms. The lowest BCUT2D eigenvalue weighted by Gasteiger charge is -2.17. The van der Waals surface area contributed by atoms with Crippen LogP contribution in [0, 0.1) is 5.41 Å². The Bertz CT molecular complexity index is 961. The molecule has 2 aromatic heterocycles. The number of thiazole rings is 1. The van der Waals surface area contributed by atoms with E-state index in [0.29, 0.717) is 16.4 Å². The second kappa shape index (κ2) is 5.43. The van der Waals surface area contributed by atoms with Crippen molar-refractivity contribution in [2.75, 3.05) is 17.2 Å². The van der Waals surface area contributed by atoms with Crippen LogP contribution in [0.2, 0.25) is 5.15 Å². The maximum absolute atomic E-state index is 10.4. The Labute approximate surface area is 145 Å². The van der Waals surface area contributed by atoms with Crippen LogP contribution in [0.15, 0.2) is 36.1 Å². The standard InChI is InChI=1S/C15H11ClN6OS/c16-10-5-11(21-15(18)20-10)22-6-8(23)12(13(22)17)14-19-7-3-1-2-4-9(7)24-14/h1-5,17,23H,6H2,(H2,18,20,21). The summed E-state index contributed by atoms with van der Waals surface area (Å²) in [4.78, 5) is 13.9. The van der Waals surface area contributed by atoms with Gasteiger partial charge in [0.25, 0.3) is 0 Å².